The summed E-state index contributed by atoms with van der Waals surface area (Å²) in [6.45, 7) is 7.73. The number of aliphatic hydroxyl groups excluding tert-OH is 1. The van der Waals surface area contributed by atoms with E-state index in [9.17, 15) is 9.90 Å². The maximum absolute atomic E-state index is 12.8. The molecule has 0 radical (unpaired) electrons. The van der Waals surface area contributed by atoms with Crippen molar-refractivity contribution in [3.05, 3.63) is 0 Å². The largest absolute Gasteiger partial charge is 0.396 e. The third-order valence-corrected chi connectivity index (χ3v) is 13.3. The number of nitrogens with one attached hydrogen (secondary N) is 2. The van der Waals surface area contributed by atoms with Crippen molar-refractivity contribution >= 4 is 6.03 Å². The topological polar surface area (TPSA) is 70.6 Å². The van der Waals surface area contributed by atoms with Gasteiger partial charge in [-0.3, -0.25) is 0 Å². The van der Waals surface area contributed by atoms with Gasteiger partial charge in [0.25, 0.3) is 0 Å². The van der Waals surface area contributed by atoms with Gasteiger partial charge in [0, 0.05) is 18.7 Å². The molecular formula is C33H56N2O3. The van der Waals surface area contributed by atoms with Crippen LogP contribution in [0.5, 0.6) is 0 Å². The van der Waals surface area contributed by atoms with Crippen LogP contribution in [0.15, 0.2) is 0 Å². The number of urea groups is 1. The normalized spacial score (nSPS) is 47.4. The van der Waals surface area contributed by atoms with Crippen LogP contribution < -0.4 is 10.6 Å². The zero-order valence-electron chi connectivity index (χ0n) is 24.6. The van der Waals surface area contributed by atoms with Gasteiger partial charge in [-0.1, -0.05) is 40.0 Å². The van der Waals surface area contributed by atoms with E-state index in [2.05, 4.69) is 31.4 Å². The Morgan fingerprint density at radius 1 is 0.868 bits per heavy atom. The first-order valence-electron chi connectivity index (χ1n) is 16.6. The zero-order chi connectivity index (χ0) is 26.5. The Balaban J connectivity index is 1.05. The molecular weight excluding hydrogens is 472 g/mol. The smallest absolute Gasteiger partial charge is 0.315 e. The monoisotopic (exact) mass is 528 g/mol. The molecule has 0 aromatic heterocycles. The number of hydrogen-bond acceptors (Lipinski definition) is 3. The van der Waals surface area contributed by atoms with E-state index in [-0.39, 0.29) is 6.03 Å². The van der Waals surface area contributed by atoms with Crippen molar-refractivity contribution in [2.45, 2.75) is 148 Å². The van der Waals surface area contributed by atoms with Crippen LogP contribution in [-0.2, 0) is 4.74 Å². The van der Waals surface area contributed by atoms with Gasteiger partial charge < -0.3 is 20.5 Å². The molecule has 0 bridgehead atoms. The second kappa shape index (κ2) is 10.9. The Labute approximate surface area is 232 Å². The summed E-state index contributed by atoms with van der Waals surface area (Å²) in [7, 11) is 0. The van der Waals surface area contributed by atoms with E-state index in [1.165, 1.54) is 70.6 Å². The van der Waals surface area contributed by atoms with Crippen LogP contribution in [0.25, 0.3) is 0 Å². The highest BCUT2D eigenvalue weighted by Gasteiger charge is 2.64. The van der Waals surface area contributed by atoms with Gasteiger partial charge in [-0.2, -0.15) is 0 Å². The Morgan fingerprint density at radius 2 is 1.63 bits per heavy atom. The molecule has 5 aliphatic carbocycles. The molecule has 38 heavy (non-hydrogen) atoms. The fraction of sp³-hybridized carbons (Fsp3) is 0.970. The van der Waals surface area contributed by atoms with Crippen LogP contribution in [0.3, 0.4) is 0 Å². The van der Waals surface area contributed by atoms with Crippen molar-refractivity contribution in [3.8, 4) is 0 Å². The number of fused-ring (bicyclic) bond motifs is 7. The summed E-state index contributed by atoms with van der Waals surface area (Å²) >= 11 is 0. The first kappa shape index (κ1) is 27.4. The molecule has 11 atom stereocenters. The highest BCUT2D eigenvalue weighted by atomic mass is 16.5. The molecule has 8 unspecified atom stereocenters. The Bertz CT molecular complexity index is 844. The molecule has 5 nitrogen and oxygen atoms in total. The minimum absolute atomic E-state index is 0.0919. The van der Waals surface area contributed by atoms with Crippen LogP contribution in [0.2, 0.25) is 0 Å². The fourth-order valence-electron chi connectivity index (χ4n) is 11.0. The van der Waals surface area contributed by atoms with Gasteiger partial charge >= 0.3 is 6.03 Å². The van der Waals surface area contributed by atoms with E-state index in [1.807, 2.05) is 0 Å². The average Bonchev–Trinajstić information content (AvgIpc) is 3.44. The molecule has 6 rings (SSSR count). The van der Waals surface area contributed by atoms with Crippen LogP contribution >= 0.6 is 0 Å². The number of amides is 2. The van der Waals surface area contributed by atoms with E-state index >= 15 is 0 Å². The highest BCUT2D eigenvalue weighted by molar-refractivity contribution is 5.74. The number of carbonyl (C=O) groups excluding carboxylic acids is 1. The molecule has 1 heterocycles. The van der Waals surface area contributed by atoms with Gasteiger partial charge in [0.15, 0.2) is 0 Å². The van der Waals surface area contributed by atoms with Gasteiger partial charge in [-0.15, -0.1) is 0 Å². The minimum atomic E-state index is 0.0919. The van der Waals surface area contributed by atoms with E-state index in [0.717, 1.165) is 61.7 Å². The number of rotatable bonds is 6. The molecule has 5 heteroatoms. The standard InChI is InChI=1S/C33H56N2O3/c1-21(20-36)9-11-25-18-29-30(38-25)19-28-26-12-10-22-17-24(35-31(37)34-23-7-5-4-6-8-23)13-15-32(22,2)27(26)14-16-33(28,29)3/h21-30,36H,4-20H2,1-3H3,(H2,34,35,37)/t21?,22-,24?,25-,26-,27?,28?,29?,30?,32?,33?/m1/s1. The minimum Gasteiger partial charge on any atom is -0.396 e. The lowest BCUT2D eigenvalue weighted by atomic mass is 9.44. The summed E-state index contributed by atoms with van der Waals surface area (Å²) in [5.74, 6) is 4.47. The predicted octanol–water partition coefficient (Wildman–Crippen LogP) is 6.82. The summed E-state index contributed by atoms with van der Waals surface area (Å²) in [6.07, 6.45) is 20.9. The van der Waals surface area contributed by atoms with Crippen LogP contribution in [0.1, 0.15) is 124 Å². The van der Waals surface area contributed by atoms with Crippen LogP contribution in [0.4, 0.5) is 4.79 Å². The van der Waals surface area contributed by atoms with Gasteiger partial charge in [0.05, 0.1) is 12.2 Å². The van der Waals surface area contributed by atoms with Crippen LogP contribution in [0, 0.1) is 46.3 Å². The molecule has 1 aliphatic heterocycles. The van der Waals surface area contributed by atoms with Crippen molar-refractivity contribution in [2.75, 3.05) is 6.61 Å². The third kappa shape index (κ3) is 4.95. The maximum Gasteiger partial charge on any atom is 0.315 e. The van der Waals surface area contributed by atoms with Gasteiger partial charge in [0.1, 0.15) is 0 Å². The molecule has 0 aromatic rings. The van der Waals surface area contributed by atoms with Gasteiger partial charge in [-0.25, -0.2) is 4.79 Å². The van der Waals surface area contributed by atoms with Crippen LogP contribution in [-0.4, -0.2) is 42.0 Å². The molecule has 6 fully saturated rings. The van der Waals surface area contributed by atoms with Crippen molar-refractivity contribution in [1.82, 2.24) is 10.6 Å². The molecule has 0 spiro atoms. The number of hydrogen-bond donors (Lipinski definition) is 3. The lowest BCUT2D eigenvalue weighted by Crippen LogP contribution is -2.56. The van der Waals surface area contributed by atoms with E-state index in [1.54, 1.807) is 0 Å². The van der Waals surface area contributed by atoms with E-state index in [4.69, 9.17) is 4.74 Å². The molecule has 3 N–H and O–H groups in total. The predicted molar refractivity (Wildman–Crippen MR) is 152 cm³/mol. The maximum atomic E-state index is 12.8. The number of aliphatic hydroxyl groups is 1. The Hall–Kier alpha value is -0.810. The third-order valence-electron chi connectivity index (χ3n) is 13.3. The quantitative estimate of drug-likeness (QED) is 0.354. The summed E-state index contributed by atoms with van der Waals surface area (Å²) in [4.78, 5) is 12.8. The SMILES string of the molecule is CC(CO)CC[C@@H]1CC2C(CC3[C@@H]4CC[C@@H]5CC(NC(=O)NC6CCCCC6)CCC5(C)C4CCC23C)O1. The second-order valence-electron chi connectivity index (χ2n) is 15.4. The molecule has 216 valence electrons. The Kier molecular flexibility index (Phi) is 7.83. The second-order valence-corrected chi connectivity index (χ2v) is 15.4. The molecule has 2 amide bonds. The van der Waals surface area contributed by atoms with Gasteiger partial charge in [-0.05, 0) is 130 Å². The fourth-order valence-corrected chi connectivity index (χ4v) is 11.0. The lowest BCUT2D eigenvalue weighted by molar-refractivity contribution is -0.115. The lowest BCUT2D eigenvalue weighted by Gasteiger charge is -2.61. The number of ether oxygens (including phenoxy) is 1. The summed E-state index contributed by atoms with van der Waals surface area (Å²) in [6, 6.07) is 0.833. The average molecular weight is 529 g/mol. The zero-order valence-corrected chi connectivity index (χ0v) is 24.6. The van der Waals surface area contributed by atoms with Crippen molar-refractivity contribution in [1.29, 1.82) is 0 Å². The summed E-state index contributed by atoms with van der Waals surface area (Å²) < 4.78 is 6.73. The van der Waals surface area contributed by atoms with E-state index < -0.39 is 0 Å². The molecule has 1 saturated heterocycles. The molecule has 5 saturated carbocycles. The van der Waals surface area contributed by atoms with E-state index in [0.29, 0.717) is 47.6 Å². The highest BCUT2D eigenvalue weighted by Crippen LogP contribution is 2.69. The summed E-state index contributed by atoms with van der Waals surface area (Å²) in [5.41, 5.74) is 0.909. The number of carbonyl (C=O) groups is 1. The Morgan fingerprint density at radius 3 is 2.42 bits per heavy atom. The van der Waals surface area contributed by atoms with Crippen molar-refractivity contribution in [2.24, 2.45) is 46.3 Å². The van der Waals surface area contributed by atoms with Crippen molar-refractivity contribution < 1.29 is 14.6 Å². The van der Waals surface area contributed by atoms with Crippen molar-refractivity contribution in [3.63, 3.8) is 0 Å². The first-order valence-corrected chi connectivity index (χ1v) is 16.6. The van der Waals surface area contributed by atoms with Gasteiger partial charge in [0.2, 0.25) is 0 Å². The first-order chi connectivity index (χ1) is 18.3. The molecule has 0 aromatic carbocycles. The summed E-state index contributed by atoms with van der Waals surface area (Å²) in [5, 5.41) is 16.1. The molecule has 6 aliphatic rings.